The molecule has 0 radical (unpaired) electrons. The molecule has 0 spiro atoms. The molecule has 4 rings (SSSR count). The summed E-state index contributed by atoms with van der Waals surface area (Å²) < 4.78 is 12.9. The number of aryl methyl sites for hydroxylation is 1. The van der Waals surface area contributed by atoms with Gasteiger partial charge in [0, 0.05) is 45.6 Å². The van der Waals surface area contributed by atoms with Gasteiger partial charge in [-0.15, -0.1) is 10.2 Å². The molecule has 2 fully saturated rings. The van der Waals surface area contributed by atoms with Crippen LogP contribution < -0.4 is 4.90 Å². The fourth-order valence-corrected chi connectivity index (χ4v) is 3.72. The predicted molar refractivity (Wildman–Crippen MR) is 95.0 cm³/mol. The van der Waals surface area contributed by atoms with Crippen LogP contribution in [-0.4, -0.2) is 69.2 Å². The van der Waals surface area contributed by atoms with Crippen LogP contribution in [0, 0.1) is 0 Å². The summed E-state index contributed by atoms with van der Waals surface area (Å²) >= 11 is 0. The van der Waals surface area contributed by atoms with Crippen LogP contribution in [0.2, 0.25) is 0 Å². The van der Waals surface area contributed by atoms with Crippen LogP contribution >= 0.6 is 0 Å². The number of piperidine rings is 1. The lowest BCUT2D eigenvalue weighted by Crippen LogP contribution is -2.37. The fourth-order valence-electron chi connectivity index (χ4n) is 3.72. The zero-order chi connectivity index (χ0) is 17.9. The second kappa shape index (κ2) is 7.71. The molecule has 26 heavy (non-hydrogen) atoms. The lowest BCUT2D eigenvalue weighted by Gasteiger charge is -2.31. The Morgan fingerprint density at radius 1 is 1.15 bits per heavy atom. The molecule has 2 aromatic heterocycles. The number of anilines is 1. The Hall–Kier alpha value is -2.00. The van der Waals surface area contributed by atoms with Crippen LogP contribution in [-0.2, 0) is 24.8 Å². The number of hydrogen-bond acceptors (Lipinski definition) is 8. The Bertz CT molecular complexity index is 723. The van der Waals surface area contributed by atoms with Gasteiger partial charge in [-0.25, -0.2) is 0 Å². The number of nitrogens with zero attached hydrogens (tertiary/aromatic N) is 7. The summed E-state index contributed by atoms with van der Waals surface area (Å²) in [6.45, 7) is 8.16. The van der Waals surface area contributed by atoms with Crippen LogP contribution in [0.1, 0.15) is 43.2 Å². The highest BCUT2D eigenvalue weighted by Crippen LogP contribution is 2.28. The van der Waals surface area contributed by atoms with Crippen LogP contribution in [0.3, 0.4) is 0 Å². The van der Waals surface area contributed by atoms with Crippen LogP contribution in [0.4, 0.5) is 5.95 Å². The average Bonchev–Trinajstić information content (AvgIpc) is 3.30. The lowest BCUT2D eigenvalue weighted by molar-refractivity contribution is 0.0326. The van der Waals surface area contributed by atoms with Crippen molar-refractivity contribution < 1.29 is 9.26 Å². The van der Waals surface area contributed by atoms with Gasteiger partial charge in [-0.2, -0.15) is 4.98 Å². The first-order valence-corrected chi connectivity index (χ1v) is 9.50. The Balaban J connectivity index is 1.44. The third kappa shape index (κ3) is 3.59. The van der Waals surface area contributed by atoms with Crippen LogP contribution in [0.15, 0.2) is 4.52 Å². The molecule has 2 saturated heterocycles. The van der Waals surface area contributed by atoms with Gasteiger partial charge in [0.15, 0.2) is 0 Å². The third-order valence-corrected chi connectivity index (χ3v) is 5.30. The number of morpholine rings is 1. The third-order valence-electron chi connectivity index (χ3n) is 5.30. The Labute approximate surface area is 153 Å². The first kappa shape index (κ1) is 17.4. The maximum Gasteiger partial charge on any atom is 0.266 e. The molecule has 142 valence electrons. The van der Waals surface area contributed by atoms with Gasteiger partial charge in [0.05, 0.1) is 19.8 Å². The number of hydrogen-bond donors (Lipinski definition) is 0. The maximum absolute atomic E-state index is 5.42. The summed E-state index contributed by atoms with van der Waals surface area (Å²) in [7, 11) is 2.08. The molecule has 1 atom stereocenters. The van der Waals surface area contributed by atoms with Gasteiger partial charge in [-0.3, -0.25) is 4.90 Å². The van der Waals surface area contributed by atoms with Gasteiger partial charge >= 0.3 is 0 Å². The molecule has 0 N–H and O–H groups in total. The molecule has 4 heterocycles. The Morgan fingerprint density at radius 3 is 2.77 bits per heavy atom. The SMILES string of the molecule is CCc1nc(N2CCC[C@H](c3nnc(CN4CCOCC4)n3C)C2)no1. The van der Waals surface area contributed by atoms with E-state index in [4.69, 9.17) is 9.26 Å². The summed E-state index contributed by atoms with van der Waals surface area (Å²) in [6, 6.07) is 0. The second-order valence-corrected chi connectivity index (χ2v) is 7.05. The summed E-state index contributed by atoms with van der Waals surface area (Å²) in [6.07, 6.45) is 2.96. The zero-order valence-corrected chi connectivity index (χ0v) is 15.6. The van der Waals surface area contributed by atoms with E-state index in [9.17, 15) is 0 Å². The first-order valence-electron chi connectivity index (χ1n) is 9.50. The van der Waals surface area contributed by atoms with Crippen molar-refractivity contribution >= 4 is 5.95 Å². The highest BCUT2D eigenvalue weighted by Gasteiger charge is 2.28. The number of ether oxygens (including phenoxy) is 1. The molecule has 0 unspecified atom stereocenters. The number of aromatic nitrogens is 5. The molecule has 2 aromatic rings. The molecule has 0 aromatic carbocycles. The van der Waals surface area contributed by atoms with Crippen molar-refractivity contribution in [1.82, 2.24) is 29.8 Å². The molecule has 0 amide bonds. The van der Waals surface area contributed by atoms with Crippen molar-refractivity contribution in [2.24, 2.45) is 7.05 Å². The van der Waals surface area contributed by atoms with E-state index < -0.39 is 0 Å². The van der Waals surface area contributed by atoms with Gasteiger partial charge in [-0.05, 0) is 18.0 Å². The number of rotatable bonds is 5. The smallest absolute Gasteiger partial charge is 0.266 e. The molecule has 9 heteroatoms. The second-order valence-electron chi connectivity index (χ2n) is 7.05. The van der Waals surface area contributed by atoms with Gasteiger partial charge < -0.3 is 18.7 Å². The van der Waals surface area contributed by atoms with Crippen molar-refractivity contribution in [3.05, 3.63) is 17.5 Å². The van der Waals surface area contributed by atoms with Crippen molar-refractivity contribution in [3.63, 3.8) is 0 Å². The first-order chi connectivity index (χ1) is 12.7. The summed E-state index contributed by atoms with van der Waals surface area (Å²) in [5.41, 5.74) is 0. The standard InChI is InChI=1S/C17H27N7O2/c1-3-15-18-17(21-26-15)24-6-4-5-13(11-24)16-20-19-14(22(16)2)12-23-7-9-25-10-8-23/h13H,3-12H2,1-2H3/t13-/m0/s1. The van der Waals surface area contributed by atoms with E-state index in [1.807, 2.05) is 6.92 Å². The fraction of sp³-hybridized carbons (Fsp3) is 0.765. The normalized spacial score (nSPS) is 22.1. The molecule has 9 nitrogen and oxygen atoms in total. The predicted octanol–water partition coefficient (Wildman–Crippen LogP) is 0.977. The molecule has 2 aliphatic heterocycles. The van der Waals surface area contributed by atoms with E-state index in [1.54, 1.807) is 0 Å². The largest absolute Gasteiger partial charge is 0.379 e. The van der Waals surface area contributed by atoms with E-state index in [2.05, 4.69) is 41.8 Å². The molecule has 2 aliphatic rings. The Kier molecular flexibility index (Phi) is 5.16. The van der Waals surface area contributed by atoms with Gasteiger partial charge in [0.25, 0.3) is 5.95 Å². The highest BCUT2D eigenvalue weighted by atomic mass is 16.5. The summed E-state index contributed by atoms with van der Waals surface area (Å²) in [4.78, 5) is 9.04. The Morgan fingerprint density at radius 2 is 2.00 bits per heavy atom. The van der Waals surface area contributed by atoms with E-state index in [-0.39, 0.29) is 0 Å². The molecule has 0 aliphatic carbocycles. The van der Waals surface area contributed by atoms with Gasteiger partial charge in [-0.1, -0.05) is 6.92 Å². The van der Waals surface area contributed by atoms with Gasteiger partial charge in [0.1, 0.15) is 11.6 Å². The quantitative estimate of drug-likeness (QED) is 0.779. The van der Waals surface area contributed by atoms with Crippen molar-refractivity contribution in [3.8, 4) is 0 Å². The molecule has 0 bridgehead atoms. The van der Waals surface area contributed by atoms with Crippen LogP contribution in [0.25, 0.3) is 0 Å². The van der Waals surface area contributed by atoms with Crippen molar-refractivity contribution in [2.45, 2.75) is 38.6 Å². The molecule has 0 saturated carbocycles. The average molecular weight is 361 g/mol. The summed E-state index contributed by atoms with van der Waals surface area (Å²) in [5.74, 6) is 3.79. The molecular formula is C17H27N7O2. The summed E-state index contributed by atoms with van der Waals surface area (Å²) in [5, 5.41) is 13.1. The van der Waals surface area contributed by atoms with E-state index in [0.717, 1.165) is 76.8 Å². The van der Waals surface area contributed by atoms with Crippen molar-refractivity contribution in [2.75, 3.05) is 44.3 Å². The minimum atomic E-state index is 0.336. The minimum Gasteiger partial charge on any atom is -0.379 e. The highest BCUT2D eigenvalue weighted by molar-refractivity contribution is 5.30. The lowest BCUT2D eigenvalue weighted by atomic mass is 9.97. The van der Waals surface area contributed by atoms with Crippen molar-refractivity contribution in [1.29, 1.82) is 0 Å². The monoisotopic (exact) mass is 361 g/mol. The van der Waals surface area contributed by atoms with E-state index in [0.29, 0.717) is 17.8 Å². The van der Waals surface area contributed by atoms with Crippen LogP contribution in [0.5, 0.6) is 0 Å². The van der Waals surface area contributed by atoms with E-state index in [1.165, 1.54) is 0 Å². The van der Waals surface area contributed by atoms with E-state index >= 15 is 0 Å². The topological polar surface area (TPSA) is 85.3 Å². The zero-order valence-electron chi connectivity index (χ0n) is 15.6. The molecular weight excluding hydrogens is 334 g/mol. The van der Waals surface area contributed by atoms with Gasteiger partial charge in [0.2, 0.25) is 5.89 Å². The minimum absolute atomic E-state index is 0.336. The maximum atomic E-state index is 5.42.